The van der Waals surface area contributed by atoms with E-state index in [2.05, 4.69) is 17.2 Å². The van der Waals surface area contributed by atoms with Gasteiger partial charge in [-0.25, -0.2) is 4.98 Å². The van der Waals surface area contributed by atoms with Crippen LogP contribution in [0.5, 0.6) is 0 Å². The summed E-state index contributed by atoms with van der Waals surface area (Å²) in [6.07, 6.45) is 4.83. The lowest BCUT2D eigenvalue weighted by Crippen LogP contribution is -2.55. The Hall–Kier alpha value is -0.590. The Labute approximate surface area is 116 Å². The first-order valence-electron chi connectivity index (χ1n) is 6.13. The highest BCUT2D eigenvalue weighted by molar-refractivity contribution is 8.01. The molecule has 2 rings (SSSR count). The zero-order valence-corrected chi connectivity index (χ0v) is 12.3. The molecule has 1 aliphatic carbocycles. The number of thiazole rings is 1. The van der Waals surface area contributed by atoms with Crippen LogP contribution in [-0.4, -0.2) is 27.7 Å². The Balaban J connectivity index is 1.92. The summed E-state index contributed by atoms with van der Waals surface area (Å²) in [5, 5.41) is 5.64. The van der Waals surface area contributed by atoms with Crippen LogP contribution >= 0.6 is 23.1 Å². The molecule has 1 amide bonds. The summed E-state index contributed by atoms with van der Waals surface area (Å²) < 4.78 is 1.04. The molecule has 2 unspecified atom stereocenters. The van der Waals surface area contributed by atoms with Gasteiger partial charge in [0, 0.05) is 22.9 Å². The quantitative estimate of drug-likeness (QED) is 0.752. The van der Waals surface area contributed by atoms with Crippen LogP contribution in [0.4, 0.5) is 0 Å². The van der Waals surface area contributed by atoms with Gasteiger partial charge in [-0.15, -0.1) is 11.3 Å². The highest BCUT2D eigenvalue weighted by Gasteiger charge is 2.38. The molecule has 2 atom stereocenters. The summed E-state index contributed by atoms with van der Waals surface area (Å²) in [7, 11) is 0. The molecule has 1 aromatic rings. The molecule has 100 valence electrons. The SMILES string of the molecule is CC(CC(C)(NC1CC1)C(N)=O)Sc1nccs1. The maximum atomic E-state index is 11.7. The first-order chi connectivity index (χ1) is 8.49. The van der Waals surface area contributed by atoms with Gasteiger partial charge in [0.1, 0.15) is 4.34 Å². The molecule has 1 aliphatic rings. The van der Waals surface area contributed by atoms with Crippen molar-refractivity contribution in [3.05, 3.63) is 11.6 Å². The molecule has 0 aliphatic heterocycles. The van der Waals surface area contributed by atoms with E-state index in [0.717, 1.165) is 23.6 Å². The average molecular weight is 285 g/mol. The molecule has 0 radical (unpaired) electrons. The van der Waals surface area contributed by atoms with Crippen LogP contribution < -0.4 is 11.1 Å². The van der Waals surface area contributed by atoms with Gasteiger partial charge in [0.2, 0.25) is 5.91 Å². The zero-order valence-electron chi connectivity index (χ0n) is 10.7. The summed E-state index contributed by atoms with van der Waals surface area (Å²) >= 11 is 3.33. The number of carbonyl (C=O) groups excluding carboxylic acids is 1. The second kappa shape index (κ2) is 5.59. The minimum atomic E-state index is -0.606. The van der Waals surface area contributed by atoms with Crippen LogP contribution in [0.2, 0.25) is 0 Å². The van der Waals surface area contributed by atoms with Crippen molar-refractivity contribution in [2.75, 3.05) is 0 Å². The van der Waals surface area contributed by atoms with Crippen LogP contribution in [0.1, 0.15) is 33.1 Å². The van der Waals surface area contributed by atoms with Gasteiger partial charge < -0.3 is 11.1 Å². The number of rotatable bonds is 7. The third-order valence-corrected chi connectivity index (χ3v) is 5.07. The Morgan fingerprint density at radius 3 is 3.00 bits per heavy atom. The van der Waals surface area contributed by atoms with Crippen LogP contribution in [0.3, 0.4) is 0 Å². The predicted octanol–water partition coefficient (Wildman–Crippen LogP) is 2.01. The van der Waals surface area contributed by atoms with Crippen LogP contribution in [0.15, 0.2) is 15.9 Å². The molecular weight excluding hydrogens is 266 g/mol. The fraction of sp³-hybridized carbons (Fsp3) is 0.667. The monoisotopic (exact) mass is 285 g/mol. The molecular formula is C12H19N3OS2. The molecule has 1 fully saturated rings. The molecule has 4 nitrogen and oxygen atoms in total. The summed E-state index contributed by atoms with van der Waals surface area (Å²) in [4.78, 5) is 15.9. The summed E-state index contributed by atoms with van der Waals surface area (Å²) in [6.45, 7) is 4.02. The lowest BCUT2D eigenvalue weighted by Gasteiger charge is -2.30. The van der Waals surface area contributed by atoms with E-state index in [1.54, 1.807) is 29.3 Å². The van der Waals surface area contributed by atoms with Crippen LogP contribution in [-0.2, 0) is 4.79 Å². The number of nitrogens with two attached hydrogens (primary N) is 1. The zero-order chi connectivity index (χ0) is 13.2. The number of hydrogen-bond acceptors (Lipinski definition) is 5. The average Bonchev–Trinajstić information content (AvgIpc) is 2.92. The first-order valence-corrected chi connectivity index (χ1v) is 7.89. The lowest BCUT2D eigenvalue weighted by atomic mass is 9.95. The summed E-state index contributed by atoms with van der Waals surface area (Å²) in [5.74, 6) is -0.263. The van der Waals surface area contributed by atoms with Crippen molar-refractivity contribution in [1.29, 1.82) is 0 Å². The number of aromatic nitrogens is 1. The number of thioether (sulfide) groups is 1. The van der Waals surface area contributed by atoms with E-state index in [1.165, 1.54) is 0 Å². The first kappa shape index (κ1) is 13.8. The van der Waals surface area contributed by atoms with E-state index in [9.17, 15) is 4.79 Å². The van der Waals surface area contributed by atoms with Crippen molar-refractivity contribution in [1.82, 2.24) is 10.3 Å². The number of nitrogens with one attached hydrogen (secondary N) is 1. The molecule has 18 heavy (non-hydrogen) atoms. The molecule has 3 N–H and O–H groups in total. The molecule has 1 aromatic heterocycles. The number of hydrogen-bond donors (Lipinski definition) is 2. The van der Waals surface area contributed by atoms with E-state index < -0.39 is 5.54 Å². The van der Waals surface area contributed by atoms with E-state index in [4.69, 9.17) is 5.73 Å². The maximum Gasteiger partial charge on any atom is 0.237 e. The van der Waals surface area contributed by atoms with Crippen LogP contribution in [0.25, 0.3) is 0 Å². The van der Waals surface area contributed by atoms with Gasteiger partial charge in [-0.3, -0.25) is 4.79 Å². The molecule has 0 bridgehead atoms. The number of carbonyl (C=O) groups is 1. The van der Waals surface area contributed by atoms with Gasteiger partial charge in [0.05, 0.1) is 5.54 Å². The van der Waals surface area contributed by atoms with Gasteiger partial charge >= 0.3 is 0 Å². The van der Waals surface area contributed by atoms with Gasteiger partial charge in [0.25, 0.3) is 0 Å². The predicted molar refractivity (Wildman–Crippen MR) is 75.8 cm³/mol. The second-order valence-electron chi connectivity index (χ2n) is 5.05. The Morgan fingerprint density at radius 1 is 1.78 bits per heavy atom. The molecule has 1 saturated carbocycles. The fourth-order valence-electron chi connectivity index (χ4n) is 1.97. The third kappa shape index (κ3) is 3.70. The molecule has 6 heteroatoms. The lowest BCUT2D eigenvalue weighted by molar-refractivity contribution is -0.124. The molecule has 0 spiro atoms. The topological polar surface area (TPSA) is 68.0 Å². The number of nitrogens with zero attached hydrogens (tertiary/aromatic N) is 1. The second-order valence-corrected chi connectivity index (χ2v) is 7.63. The highest BCUT2D eigenvalue weighted by atomic mass is 32.2. The number of primary amides is 1. The van der Waals surface area contributed by atoms with Crippen molar-refractivity contribution in [2.45, 2.75) is 54.3 Å². The van der Waals surface area contributed by atoms with E-state index in [0.29, 0.717) is 11.3 Å². The smallest absolute Gasteiger partial charge is 0.237 e. The summed E-state index contributed by atoms with van der Waals surface area (Å²) in [6, 6.07) is 0.472. The minimum absolute atomic E-state index is 0.263. The number of amides is 1. The van der Waals surface area contributed by atoms with Crippen molar-refractivity contribution >= 4 is 29.0 Å². The van der Waals surface area contributed by atoms with E-state index in [-0.39, 0.29) is 5.91 Å². The Kier molecular flexibility index (Phi) is 4.29. The third-order valence-electron chi connectivity index (χ3n) is 3.05. The van der Waals surface area contributed by atoms with Crippen LogP contribution in [0, 0.1) is 0 Å². The highest BCUT2D eigenvalue weighted by Crippen LogP contribution is 2.31. The fourth-order valence-corrected chi connectivity index (χ4v) is 4.09. The van der Waals surface area contributed by atoms with Gasteiger partial charge in [-0.05, 0) is 26.2 Å². The Morgan fingerprint density at radius 2 is 2.50 bits per heavy atom. The van der Waals surface area contributed by atoms with E-state index in [1.807, 2.05) is 12.3 Å². The normalized spacial score (nSPS) is 20.3. The van der Waals surface area contributed by atoms with Crippen molar-refractivity contribution in [3.8, 4) is 0 Å². The van der Waals surface area contributed by atoms with Crippen molar-refractivity contribution in [3.63, 3.8) is 0 Å². The molecule has 0 saturated heterocycles. The molecule has 1 heterocycles. The minimum Gasteiger partial charge on any atom is -0.368 e. The standard InChI is InChI=1S/C12H19N3OS2/c1-8(18-11-14-5-6-17-11)7-12(2,10(13)16)15-9-3-4-9/h5-6,8-9,15H,3-4,7H2,1-2H3,(H2,13,16). The van der Waals surface area contributed by atoms with Gasteiger partial charge in [-0.1, -0.05) is 18.7 Å². The van der Waals surface area contributed by atoms with E-state index >= 15 is 0 Å². The summed E-state index contributed by atoms with van der Waals surface area (Å²) in [5.41, 5.74) is 4.94. The van der Waals surface area contributed by atoms with Crippen molar-refractivity contribution < 1.29 is 4.79 Å². The Bertz CT molecular complexity index is 405. The van der Waals surface area contributed by atoms with Crippen molar-refractivity contribution in [2.24, 2.45) is 5.73 Å². The largest absolute Gasteiger partial charge is 0.368 e. The van der Waals surface area contributed by atoms with Gasteiger partial charge in [-0.2, -0.15) is 0 Å². The van der Waals surface area contributed by atoms with Gasteiger partial charge in [0.15, 0.2) is 0 Å². The molecule has 0 aromatic carbocycles. The maximum absolute atomic E-state index is 11.7.